The Balaban J connectivity index is 3.00. The smallest absolute Gasteiger partial charge is 0.245 e. The monoisotopic (exact) mass is 174 g/mol. The van der Waals surface area contributed by atoms with Crippen molar-refractivity contribution >= 4 is 12.5 Å². The number of hydrogen-bond acceptors (Lipinski definition) is 2. The van der Waals surface area contributed by atoms with Gasteiger partial charge in [-0.25, -0.2) is 9.98 Å². The lowest BCUT2D eigenvalue weighted by molar-refractivity contribution is -0.137. The lowest BCUT2D eigenvalue weighted by Gasteiger charge is -2.04. The van der Waals surface area contributed by atoms with Gasteiger partial charge in [-0.1, -0.05) is 0 Å². The number of alkyl halides is 3. The molecule has 1 rings (SSSR count). The first kappa shape index (κ1) is 8.70. The molecule has 12 heavy (non-hydrogen) atoms. The van der Waals surface area contributed by atoms with Crippen molar-refractivity contribution in [1.29, 1.82) is 0 Å². The molecule has 0 fully saturated rings. The predicted molar refractivity (Wildman–Crippen MR) is 38.4 cm³/mol. The van der Waals surface area contributed by atoms with Crippen LogP contribution in [0.15, 0.2) is 23.3 Å². The van der Waals surface area contributed by atoms with Gasteiger partial charge in [0.1, 0.15) is 0 Å². The first-order valence-corrected chi connectivity index (χ1v) is 3.04. The standard InChI is InChI=1S/C7H5F3N2/c1-11-6-3-2-5(4-12-6)7(8,9)10/h2-4H,1H2. The van der Waals surface area contributed by atoms with Crippen molar-refractivity contribution in [1.82, 2.24) is 4.98 Å². The van der Waals surface area contributed by atoms with Crippen LogP contribution in [0, 0.1) is 0 Å². The molecule has 0 N–H and O–H groups in total. The highest BCUT2D eigenvalue weighted by Gasteiger charge is 2.30. The highest BCUT2D eigenvalue weighted by atomic mass is 19.4. The van der Waals surface area contributed by atoms with Crippen LogP contribution < -0.4 is 0 Å². The molecule has 0 aliphatic heterocycles. The molecule has 0 saturated heterocycles. The second kappa shape index (κ2) is 2.92. The van der Waals surface area contributed by atoms with Gasteiger partial charge in [0.25, 0.3) is 0 Å². The minimum absolute atomic E-state index is 0.183. The Kier molecular flexibility index (Phi) is 2.12. The van der Waals surface area contributed by atoms with Crippen molar-refractivity contribution in [3.63, 3.8) is 0 Å². The van der Waals surface area contributed by atoms with Gasteiger partial charge in [-0.2, -0.15) is 13.2 Å². The van der Waals surface area contributed by atoms with E-state index in [4.69, 9.17) is 0 Å². The van der Waals surface area contributed by atoms with E-state index >= 15 is 0 Å². The lowest BCUT2D eigenvalue weighted by atomic mass is 10.3. The molecule has 64 valence electrons. The SMILES string of the molecule is C=Nc1ccc(C(F)(F)F)cn1. The molecule has 1 heterocycles. The number of nitrogens with zero attached hydrogens (tertiary/aromatic N) is 2. The molecule has 0 atom stereocenters. The van der Waals surface area contributed by atoms with E-state index in [9.17, 15) is 13.2 Å². The first-order valence-electron chi connectivity index (χ1n) is 3.04. The summed E-state index contributed by atoms with van der Waals surface area (Å²) in [7, 11) is 0. The summed E-state index contributed by atoms with van der Waals surface area (Å²) in [6, 6.07) is 2.08. The van der Waals surface area contributed by atoms with Crippen LogP contribution >= 0.6 is 0 Å². The van der Waals surface area contributed by atoms with Crippen molar-refractivity contribution in [2.24, 2.45) is 4.99 Å². The molecule has 0 unspecified atom stereocenters. The Bertz CT molecular complexity index is 276. The summed E-state index contributed by atoms with van der Waals surface area (Å²) in [6.45, 7) is 3.13. The van der Waals surface area contributed by atoms with E-state index in [2.05, 4.69) is 16.7 Å². The summed E-state index contributed by atoms with van der Waals surface area (Å²) in [4.78, 5) is 6.78. The molecule has 0 spiro atoms. The van der Waals surface area contributed by atoms with Crippen molar-refractivity contribution in [2.45, 2.75) is 6.18 Å². The summed E-state index contributed by atoms with van der Waals surface area (Å²) in [5.41, 5.74) is -0.782. The van der Waals surface area contributed by atoms with Crippen LogP contribution in [0.1, 0.15) is 5.56 Å². The Labute approximate surface area is 66.8 Å². The molecule has 0 aliphatic carbocycles. The number of aliphatic imine (C=N–C) groups is 1. The van der Waals surface area contributed by atoms with E-state index in [0.717, 1.165) is 18.3 Å². The lowest BCUT2D eigenvalue weighted by Crippen LogP contribution is -2.04. The molecule has 0 amide bonds. The molecule has 5 heteroatoms. The number of aromatic nitrogens is 1. The maximum absolute atomic E-state index is 11.9. The molecule has 1 aromatic rings. The second-order valence-electron chi connectivity index (χ2n) is 2.06. The Morgan fingerprint density at radius 2 is 2.00 bits per heavy atom. The average molecular weight is 174 g/mol. The van der Waals surface area contributed by atoms with Crippen LogP contribution in [0.4, 0.5) is 19.0 Å². The van der Waals surface area contributed by atoms with Crippen LogP contribution in [0.3, 0.4) is 0 Å². The van der Waals surface area contributed by atoms with Crippen LogP contribution in [-0.4, -0.2) is 11.7 Å². The Hall–Kier alpha value is -1.39. The predicted octanol–water partition coefficient (Wildman–Crippen LogP) is 2.43. The van der Waals surface area contributed by atoms with E-state index < -0.39 is 11.7 Å². The molecular formula is C7H5F3N2. The van der Waals surface area contributed by atoms with Gasteiger partial charge in [-0.15, -0.1) is 0 Å². The van der Waals surface area contributed by atoms with Crippen LogP contribution in [0.25, 0.3) is 0 Å². The average Bonchev–Trinajstić information content (AvgIpc) is 2.03. The molecule has 2 nitrogen and oxygen atoms in total. The fourth-order valence-corrected chi connectivity index (χ4v) is 0.647. The van der Waals surface area contributed by atoms with Gasteiger partial charge in [0.2, 0.25) is 0 Å². The molecular weight excluding hydrogens is 169 g/mol. The zero-order valence-corrected chi connectivity index (χ0v) is 5.97. The van der Waals surface area contributed by atoms with Gasteiger partial charge in [0.15, 0.2) is 5.82 Å². The van der Waals surface area contributed by atoms with Gasteiger partial charge in [0, 0.05) is 6.20 Å². The summed E-state index contributed by atoms with van der Waals surface area (Å²) >= 11 is 0. The van der Waals surface area contributed by atoms with Crippen LogP contribution in [0.5, 0.6) is 0 Å². The van der Waals surface area contributed by atoms with Crippen LogP contribution in [0.2, 0.25) is 0 Å². The van der Waals surface area contributed by atoms with E-state index in [-0.39, 0.29) is 5.82 Å². The third-order valence-electron chi connectivity index (χ3n) is 1.24. The summed E-state index contributed by atoms with van der Waals surface area (Å²) in [5.74, 6) is 0.183. The minimum atomic E-state index is -4.34. The normalized spacial score (nSPS) is 11.2. The van der Waals surface area contributed by atoms with E-state index in [1.807, 2.05) is 0 Å². The highest BCUT2D eigenvalue weighted by Crippen LogP contribution is 2.28. The van der Waals surface area contributed by atoms with Crippen molar-refractivity contribution < 1.29 is 13.2 Å². The Morgan fingerprint density at radius 3 is 2.33 bits per heavy atom. The maximum Gasteiger partial charge on any atom is 0.417 e. The number of rotatable bonds is 1. The Morgan fingerprint density at radius 1 is 1.33 bits per heavy atom. The van der Waals surface area contributed by atoms with Crippen LogP contribution in [-0.2, 0) is 6.18 Å². The van der Waals surface area contributed by atoms with Gasteiger partial charge < -0.3 is 0 Å². The van der Waals surface area contributed by atoms with Crippen molar-refractivity contribution in [3.8, 4) is 0 Å². The zero-order chi connectivity index (χ0) is 9.19. The largest absolute Gasteiger partial charge is 0.417 e. The quantitative estimate of drug-likeness (QED) is 0.600. The maximum atomic E-state index is 11.9. The first-order chi connectivity index (χ1) is 5.54. The fraction of sp³-hybridized carbons (Fsp3) is 0.143. The van der Waals surface area contributed by atoms with Gasteiger partial charge in [-0.3, -0.25) is 0 Å². The summed E-state index contributed by atoms with van der Waals surface area (Å²) in [5, 5.41) is 0. The third kappa shape index (κ3) is 1.81. The third-order valence-corrected chi connectivity index (χ3v) is 1.24. The highest BCUT2D eigenvalue weighted by molar-refractivity contribution is 5.39. The van der Waals surface area contributed by atoms with Gasteiger partial charge in [-0.05, 0) is 18.9 Å². The molecule has 0 radical (unpaired) electrons. The van der Waals surface area contributed by atoms with Gasteiger partial charge in [0.05, 0.1) is 5.56 Å². The van der Waals surface area contributed by atoms with Crippen molar-refractivity contribution in [3.05, 3.63) is 23.9 Å². The molecule has 0 saturated carbocycles. The van der Waals surface area contributed by atoms with Crippen molar-refractivity contribution in [2.75, 3.05) is 0 Å². The summed E-state index contributed by atoms with van der Waals surface area (Å²) < 4.78 is 35.8. The van der Waals surface area contributed by atoms with E-state index in [1.165, 1.54) is 0 Å². The molecule has 1 aromatic heterocycles. The number of hydrogen-bond donors (Lipinski definition) is 0. The molecule has 0 bridgehead atoms. The molecule has 0 aliphatic rings. The number of halogens is 3. The number of pyridine rings is 1. The van der Waals surface area contributed by atoms with E-state index in [0.29, 0.717) is 0 Å². The minimum Gasteiger partial charge on any atom is -0.245 e. The second-order valence-corrected chi connectivity index (χ2v) is 2.06. The van der Waals surface area contributed by atoms with Gasteiger partial charge >= 0.3 is 6.18 Å². The molecule has 0 aromatic carbocycles. The summed E-state index contributed by atoms with van der Waals surface area (Å²) in [6.07, 6.45) is -3.61. The fourth-order valence-electron chi connectivity index (χ4n) is 0.647. The zero-order valence-electron chi connectivity index (χ0n) is 5.97. The topological polar surface area (TPSA) is 25.2 Å². The van der Waals surface area contributed by atoms with E-state index in [1.54, 1.807) is 0 Å².